The van der Waals surface area contributed by atoms with Crippen LogP contribution in [0.5, 0.6) is 0 Å². The van der Waals surface area contributed by atoms with E-state index in [4.69, 9.17) is 28.4 Å². The van der Waals surface area contributed by atoms with E-state index in [9.17, 15) is 14.4 Å². The quantitative estimate of drug-likeness (QED) is 0.226. The lowest BCUT2D eigenvalue weighted by molar-refractivity contribution is -0.223. The normalized spacial score (nSPS) is 23.0. The number of carbonyl (C=O) groups excluding carboxylic acids is 3. The van der Waals surface area contributed by atoms with Crippen LogP contribution in [0, 0.1) is 5.92 Å². The van der Waals surface area contributed by atoms with Gasteiger partial charge in [0.25, 0.3) is 0 Å². The van der Waals surface area contributed by atoms with Gasteiger partial charge < -0.3 is 39.1 Å². The number of hydrogen-bond acceptors (Lipinski definition) is 9. The molecule has 11 nitrogen and oxygen atoms in total. The number of ether oxygens (including phenoxy) is 6. The first-order valence-corrected chi connectivity index (χ1v) is 17.3. The third-order valence-corrected chi connectivity index (χ3v) is 9.29. The van der Waals surface area contributed by atoms with E-state index >= 15 is 0 Å². The van der Waals surface area contributed by atoms with E-state index in [-0.39, 0.29) is 38.1 Å². The molecule has 3 aromatic rings. The molecule has 1 aliphatic carbocycles. The monoisotopic (exact) mass is 686 g/mol. The van der Waals surface area contributed by atoms with Crippen molar-refractivity contribution in [1.82, 2.24) is 10.6 Å². The topological polar surface area (TPSA) is 131 Å². The molecule has 2 aliphatic heterocycles. The fraction of sp³-hybridized carbons (Fsp3) is 0.462. The lowest BCUT2D eigenvalue weighted by Gasteiger charge is -2.32. The number of alkyl carbamates (subject to hydrolysis) is 1. The molecule has 6 rings (SSSR count). The van der Waals surface area contributed by atoms with Crippen molar-refractivity contribution in [1.29, 1.82) is 0 Å². The van der Waals surface area contributed by atoms with Gasteiger partial charge in [0.1, 0.15) is 31.0 Å². The predicted molar refractivity (Wildman–Crippen MR) is 184 cm³/mol. The van der Waals surface area contributed by atoms with Gasteiger partial charge in [-0.15, -0.1) is 0 Å². The van der Waals surface area contributed by atoms with Crippen LogP contribution in [-0.2, 0) is 44.6 Å². The van der Waals surface area contributed by atoms with Gasteiger partial charge in [-0.25, -0.2) is 4.79 Å². The van der Waals surface area contributed by atoms with Crippen molar-refractivity contribution in [3.63, 3.8) is 0 Å². The number of rotatable bonds is 13. The van der Waals surface area contributed by atoms with Crippen LogP contribution in [0.15, 0.2) is 78.9 Å². The summed E-state index contributed by atoms with van der Waals surface area (Å²) >= 11 is 0. The zero-order valence-corrected chi connectivity index (χ0v) is 29.1. The highest BCUT2D eigenvalue weighted by Gasteiger charge is 2.57. The fourth-order valence-corrected chi connectivity index (χ4v) is 7.01. The van der Waals surface area contributed by atoms with E-state index in [1.165, 1.54) is 0 Å². The van der Waals surface area contributed by atoms with Crippen molar-refractivity contribution < 1.29 is 42.8 Å². The van der Waals surface area contributed by atoms with E-state index in [1.54, 1.807) is 20.8 Å². The van der Waals surface area contributed by atoms with Crippen molar-refractivity contribution in [2.75, 3.05) is 13.2 Å². The minimum atomic E-state index is -0.980. The van der Waals surface area contributed by atoms with E-state index in [0.29, 0.717) is 0 Å². The molecular weight excluding hydrogens is 640 g/mol. The molecule has 3 aliphatic rings. The first-order chi connectivity index (χ1) is 24.0. The molecular formula is C39H46N2O9. The largest absolute Gasteiger partial charge is 0.466 e. The second-order valence-corrected chi connectivity index (χ2v) is 13.6. The van der Waals surface area contributed by atoms with Gasteiger partial charge in [0, 0.05) is 5.92 Å². The maximum absolute atomic E-state index is 14.0. The van der Waals surface area contributed by atoms with Gasteiger partial charge in [0.15, 0.2) is 12.1 Å². The van der Waals surface area contributed by atoms with Crippen molar-refractivity contribution in [2.24, 2.45) is 5.92 Å². The van der Waals surface area contributed by atoms with Gasteiger partial charge in [-0.05, 0) is 54.5 Å². The minimum Gasteiger partial charge on any atom is -0.466 e. The summed E-state index contributed by atoms with van der Waals surface area (Å²) in [5.74, 6) is -2.39. The number of carbonyl (C=O) groups is 3. The van der Waals surface area contributed by atoms with Crippen LogP contribution in [0.2, 0.25) is 0 Å². The molecule has 0 aromatic heterocycles. The zero-order chi connectivity index (χ0) is 35.4. The minimum absolute atomic E-state index is 0.104. The van der Waals surface area contributed by atoms with Crippen LogP contribution < -0.4 is 10.6 Å². The summed E-state index contributed by atoms with van der Waals surface area (Å²) in [7, 11) is 0. The van der Waals surface area contributed by atoms with Gasteiger partial charge in [-0.2, -0.15) is 0 Å². The Kier molecular flexibility index (Phi) is 10.9. The van der Waals surface area contributed by atoms with Crippen LogP contribution in [0.25, 0.3) is 11.1 Å². The van der Waals surface area contributed by atoms with Crippen molar-refractivity contribution in [2.45, 2.75) is 96.0 Å². The third-order valence-electron chi connectivity index (χ3n) is 9.29. The second kappa shape index (κ2) is 15.3. The molecule has 2 fully saturated rings. The van der Waals surface area contributed by atoms with Gasteiger partial charge in [-0.3, -0.25) is 9.59 Å². The maximum atomic E-state index is 14.0. The van der Waals surface area contributed by atoms with Gasteiger partial charge >= 0.3 is 12.1 Å². The Morgan fingerprint density at radius 3 is 2.12 bits per heavy atom. The number of nitrogens with one attached hydrogen (secondary N) is 2. The Morgan fingerprint density at radius 2 is 1.48 bits per heavy atom. The summed E-state index contributed by atoms with van der Waals surface area (Å²) in [6.07, 6.45) is -3.84. The highest BCUT2D eigenvalue weighted by atomic mass is 16.8. The van der Waals surface area contributed by atoms with Crippen molar-refractivity contribution in [3.8, 4) is 11.1 Å². The summed E-state index contributed by atoms with van der Waals surface area (Å²) in [5, 5.41) is 5.73. The Labute approximate surface area is 292 Å². The molecule has 266 valence electrons. The lowest BCUT2D eigenvalue weighted by Crippen LogP contribution is -2.57. The fourth-order valence-electron chi connectivity index (χ4n) is 7.01. The Morgan fingerprint density at radius 1 is 0.840 bits per heavy atom. The number of hydrogen-bond donors (Lipinski definition) is 2. The van der Waals surface area contributed by atoms with E-state index in [0.717, 1.165) is 27.8 Å². The van der Waals surface area contributed by atoms with E-state index in [2.05, 4.69) is 22.8 Å². The smallest absolute Gasteiger partial charge is 0.407 e. The number of amides is 2. The molecule has 2 amide bonds. The Hall–Kier alpha value is -4.29. The highest BCUT2D eigenvalue weighted by molar-refractivity contribution is 5.87. The lowest BCUT2D eigenvalue weighted by atomic mass is 9.98. The number of esters is 1. The molecule has 0 unspecified atom stereocenters. The average Bonchev–Trinajstić information content (AvgIpc) is 3.70. The number of benzene rings is 3. The molecule has 6 atom stereocenters. The SMILES string of the molecule is CCOC(=O)C[C@@H](NC(=O)[C@@H](NC(=O)OCC1c2ccccc2-c2ccccc21)C(C)C)[C@H]1O[C@@H]2OC(C)(C)O[C@@H]2[C@H]1OCc1ccccc1. The molecule has 2 heterocycles. The van der Waals surface area contributed by atoms with E-state index < -0.39 is 60.4 Å². The Balaban J connectivity index is 1.16. The van der Waals surface area contributed by atoms with Gasteiger partial charge in [-0.1, -0.05) is 92.7 Å². The summed E-state index contributed by atoms with van der Waals surface area (Å²) in [4.78, 5) is 40.1. The van der Waals surface area contributed by atoms with E-state index in [1.807, 2.05) is 80.6 Å². The molecule has 0 bridgehead atoms. The summed E-state index contributed by atoms with van der Waals surface area (Å²) in [6, 6.07) is 23.9. The summed E-state index contributed by atoms with van der Waals surface area (Å²) in [6.45, 7) is 9.45. The van der Waals surface area contributed by atoms with Crippen molar-refractivity contribution >= 4 is 18.0 Å². The zero-order valence-electron chi connectivity index (χ0n) is 29.1. The first-order valence-electron chi connectivity index (χ1n) is 17.3. The Bertz CT molecular complexity index is 1620. The first kappa shape index (κ1) is 35.5. The average molecular weight is 687 g/mol. The molecule has 3 aromatic carbocycles. The van der Waals surface area contributed by atoms with Crippen LogP contribution >= 0.6 is 0 Å². The molecule has 50 heavy (non-hydrogen) atoms. The molecule has 2 saturated heterocycles. The van der Waals surface area contributed by atoms with Crippen LogP contribution in [0.3, 0.4) is 0 Å². The molecule has 0 saturated carbocycles. The van der Waals surface area contributed by atoms with Gasteiger partial charge in [0.05, 0.1) is 25.7 Å². The summed E-state index contributed by atoms with van der Waals surface area (Å²) in [5.41, 5.74) is 5.35. The van der Waals surface area contributed by atoms with Gasteiger partial charge in [0.2, 0.25) is 5.91 Å². The van der Waals surface area contributed by atoms with Crippen LogP contribution in [-0.4, -0.2) is 73.7 Å². The predicted octanol–water partition coefficient (Wildman–Crippen LogP) is 5.45. The molecule has 2 N–H and O–H groups in total. The third kappa shape index (κ3) is 7.86. The molecule has 0 spiro atoms. The second-order valence-electron chi connectivity index (χ2n) is 13.6. The van der Waals surface area contributed by atoms with Crippen LogP contribution in [0.1, 0.15) is 63.6 Å². The van der Waals surface area contributed by atoms with Crippen LogP contribution in [0.4, 0.5) is 4.79 Å². The number of fused-ring (bicyclic) bond motifs is 4. The molecule has 0 radical (unpaired) electrons. The highest BCUT2D eigenvalue weighted by Crippen LogP contribution is 2.44. The van der Waals surface area contributed by atoms with Crippen molar-refractivity contribution in [3.05, 3.63) is 95.6 Å². The maximum Gasteiger partial charge on any atom is 0.407 e. The standard InChI is InChI=1S/C39H46N2O9/c1-6-45-31(42)20-30(33-34(46-21-24-14-8-7-9-15-24)35-37(48-33)50-39(4,5)49-35)40-36(43)32(23(2)3)41-38(44)47-22-29-27-18-12-10-16-25(27)26-17-11-13-19-28(26)29/h7-19,23,29-30,32-35,37H,6,20-22H2,1-5H3,(H,40,43)(H,41,44)/t30-,32+,33-,34+,35-,37-/m1/s1. The molecule has 11 heteroatoms. The summed E-state index contributed by atoms with van der Waals surface area (Å²) < 4.78 is 36.0.